The van der Waals surface area contributed by atoms with Gasteiger partial charge < -0.3 is 10.6 Å². The van der Waals surface area contributed by atoms with Crippen LogP contribution in [0.4, 0.5) is 0 Å². The fourth-order valence-electron chi connectivity index (χ4n) is 3.81. The number of fused-ring (bicyclic) bond motifs is 1. The van der Waals surface area contributed by atoms with Crippen molar-refractivity contribution < 1.29 is 0 Å². The van der Waals surface area contributed by atoms with Gasteiger partial charge in [0, 0.05) is 56.8 Å². The summed E-state index contributed by atoms with van der Waals surface area (Å²) in [6, 6.07) is 9.32. The van der Waals surface area contributed by atoms with Crippen molar-refractivity contribution in [3.05, 3.63) is 51.5 Å². The molecule has 5 nitrogen and oxygen atoms in total. The van der Waals surface area contributed by atoms with Crippen molar-refractivity contribution in [2.24, 2.45) is 10.9 Å². The number of guanidine groups is 1. The Hall–Kier alpha value is -1.92. The minimum absolute atomic E-state index is 0.480. The van der Waals surface area contributed by atoms with Crippen LogP contribution in [0, 0.1) is 12.8 Å². The molecule has 0 amide bonds. The van der Waals surface area contributed by atoms with Crippen molar-refractivity contribution in [1.82, 2.24) is 20.5 Å². The number of rotatable bonds is 7. The summed E-state index contributed by atoms with van der Waals surface area (Å²) in [5.74, 6) is 1.45. The largest absolute Gasteiger partial charge is 0.356 e. The molecule has 0 radical (unpaired) electrons. The number of hydrogen-bond donors (Lipinski definition) is 2. The molecule has 2 N–H and O–H groups in total. The highest BCUT2D eigenvalue weighted by molar-refractivity contribution is 7.11. The van der Waals surface area contributed by atoms with Gasteiger partial charge in [-0.25, -0.2) is 4.98 Å². The maximum absolute atomic E-state index is 4.43. The topological polar surface area (TPSA) is 52.6 Å². The first-order valence-electron chi connectivity index (χ1n) is 10.2. The summed E-state index contributed by atoms with van der Waals surface area (Å²) >= 11 is 1.76. The maximum Gasteiger partial charge on any atom is 0.191 e. The Balaban J connectivity index is 1.51. The molecule has 3 rings (SSSR count). The molecule has 2 aromatic rings. The lowest BCUT2D eigenvalue weighted by atomic mass is 9.95. The normalized spacial score (nSPS) is 16.1. The summed E-state index contributed by atoms with van der Waals surface area (Å²) in [5, 5.41) is 8.14. The quantitative estimate of drug-likeness (QED) is 0.554. The number of nitrogens with one attached hydrogen (secondary N) is 2. The van der Waals surface area contributed by atoms with E-state index in [9.17, 15) is 0 Å². The van der Waals surface area contributed by atoms with Crippen molar-refractivity contribution in [3.63, 3.8) is 0 Å². The van der Waals surface area contributed by atoms with Gasteiger partial charge in [0.15, 0.2) is 5.96 Å². The van der Waals surface area contributed by atoms with Crippen LogP contribution < -0.4 is 10.6 Å². The predicted molar refractivity (Wildman–Crippen MR) is 119 cm³/mol. The van der Waals surface area contributed by atoms with Crippen LogP contribution >= 0.6 is 11.3 Å². The van der Waals surface area contributed by atoms with Crippen molar-refractivity contribution in [1.29, 1.82) is 0 Å². The molecule has 6 heteroatoms. The second kappa shape index (κ2) is 10.0. The lowest BCUT2D eigenvalue weighted by molar-refractivity contribution is 0.140. The number of aliphatic imine (C=N–C) groups is 1. The van der Waals surface area contributed by atoms with Gasteiger partial charge in [-0.3, -0.25) is 9.89 Å². The van der Waals surface area contributed by atoms with E-state index in [4.69, 9.17) is 0 Å². The lowest BCUT2D eigenvalue weighted by Gasteiger charge is -2.38. The number of benzene rings is 1. The average Bonchev–Trinajstić information content (AvgIpc) is 3.11. The third-order valence-electron chi connectivity index (χ3n) is 5.40. The van der Waals surface area contributed by atoms with Gasteiger partial charge in [0.2, 0.25) is 0 Å². The van der Waals surface area contributed by atoms with Crippen LogP contribution in [0.2, 0.25) is 0 Å². The van der Waals surface area contributed by atoms with Gasteiger partial charge >= 0.3 is 0 Å². The van der Waals surface area contributed by atoms with Crippen LogP contribution in [0.1, 0.15) is 34.9 Å². The minimum atomic E-state index is 0.480. The zero-order valence-corrected chi connectivity index (χ0v) is 18.4. The SMILES string of the molecule is CN=C(NCCc1ncc(C)s1)NCC(C(C)C)N1CCc2ccccc2C1. The molecule has 0 aliphatic carbocycles. The molecule has 0 bridgehead atoms. The molecule has 0 saturated heterocycles. The summed E-state index contributed by atoms with van der Waals surface area (Å²) in [7, 11) is 1.84. The highest BCUT2D eigenvalue weighted by atomic mass is 32.1. The van der Waals surface area contributed by atoms with Crippen molar-refractivity contribution in [3.8, 4) is 0 Å². The maximum atomic E-state index is 4.43. The monoisotopic (exact) mass is 399 g/mol. The Labute approximate surface area is 173 Å². The molecule has 1 atom stereocenters. The molecule has 0 spiro atoms. The van der Waals surface area contributed by atoms with Crippen molar-refractivity contribution in [2.45, 2.75) is 46.2 Å². The van der Waals surface area contributed by atoms with Crippen LogP contribution in [-0.2, 0) is 19.4 Å². The minimum Gasteiger partial charge on any atom is -0.356 e. The molecule has 1 aromatic heterocycles. The van der Waals surface area contributed by atoms with E-state index < -0.39 is 0 Å². The fraction of sp³-hybridized carbons (Fsp3) is 0.545. The van der Waals surface area contributed by atoms with Crippen LogP contribution in [0.25, 0.3) is 0 Å². The Morgan fingerprint density at radius 3 is 2.71 bits per heavy atom. The van der Waals surface area contributed by atoms with Gasteiger partial charge in [0.1, 0.15) is 0 Å². The molecule has 1 aliphatic rings. The Bertz CT molecular complexity index is 783. The van der Waals surface area contributed by atoms with E-state index in [2.05, 4.69) is 70.5 Å². The molecule has 0 fully saturated rings. The van der Waals surface area contributed by atoms with Crippen molar-refractivity contribution >= 4 is 17.3 Å². The van der Waals surface area contributed by atoms with Gasteiger partial charge in [0.05, 0.1) is 5.01 Å². The highest BCUT2D eigenvalue weighted by Gasteiger charge is 2.25. The molecular formula is C22H33N5S. The second-order valence-corrected chi connectivity index (χ2v) is 9.11. The number of thiazole rings is 1. The van der Waals surface area contributed by atoms with Gasteiger partial charge in [-0.1, -0.05) is 38.1 Å². The Morgan fingerprint density at radius 1 is 1.25 bits per heavy atom. The van der Waals surface area contributed by atoms with E-state index in [0.717, 1.165) is 45.0 Å². The Kier molecular flexibility index (Phi) is 7.45. The summed E-state index contributed by atoms with van der Waals surface area (Å²) in [6.45, 7) is 10.6. The molecule has 2 heterocycles. The van der Waals surface area contributed by atoms with E-state index in [1.54, 1.807) is 11.3 Å². The van der Waals surface area contributed by atoms with E-state index in [0.29, 0.717) is 12.0 Å². The van der Waals surface area contributed by atoms with Gasteiger partial charge in [-0.2, -0.15) is 0 Å². The molecule has 28 heavy (non-hydrogen) atoms. The second-order valence-electron chi connectivity index (χ2n) is 7.80. The third-order valence-corrected chi connectivity index (χ3v) is 6.37. The third kappa shape index (κ3) is 5.55. The van der Waals surface area contributed by atoms with E-state index in [-0.39, 0.29) is 0 Å². The van der Waals surface area contributed by atoms with Crippen molar-refractivity contribution in [2.75, 3.05) is 26.7 Å². The van der Waals surface area contributed by atoms with Crippen LogP contribution in [-0.4, -0.2) is 48.6 Å². The number of hydrogen-bond acceptors (Lipinski definition) is 4. The molecular weight excluding hydrogens is 366 g/mol. The average molecular weight is 400 g/mol. The first-order valence-corrected chi connectivity index (χ1v) is 11.0. The van der Waals surface area contributed by atoms with Crippen LogP contribution in [0.5, 0.6) is 0 Å². The molecule has 1 aromatic carbocycles. The summed E-state index contributed by atoms with van der Waals surface area (Å²) in [6.07, 6.45) is 4.01. The standard InChI is InChI=1S/C22H33N5S/c1-16(2)20(27-12-10-18-7-5-6-8-19(18)15-27)14-26-22(23-4)24-11-9-21-25-13-17(3)28-21/h5-8,13,16,20H,9-12,14-15H2,1-4H3,(H2,23,24,26). The van der Waals surface area contributed by atoms with Crippen LogP contribution in [0.3, 0.4) is 0 Å². The molecule has 0 saturated carbocycles. The van der Waals surface area contributed by atoms with E-state index in [1.165, 1.54) is 21.0 Å². The zero-order chi connectivity index (χ0) is 19.9. The predicted octanol–water partition coefficient (Wildman–Crippen LogP) is 3.24. The smallest absolute Gasteiger partial charge is 0.191 e. The highest BCUT2D eigenvalue weighted by Crippen LogP contribution is 2.22. The number of nitrogens with zero attached hydrogens (tertiary/aromatic N) is 3. The molecule has 1 unspecified atom stereocenters. The lowest BCUT2D eigenvalue weighted by Crippen LogP contribution is -2.50. The number of aromatic nitrogens is 1. The van der Waals surface area contributed by atoms with E-state index >= 15 is 0 Å². The first-order chi connectivity index (χ1) is 13.6. The zero-order valence-electron chi connectivity index (χ0n) is 17.5. The van der Waals surface area contributed by atoms with Gasteiger partial charge in [-0.15, -0.1) is 11.3 Å². The fourth-order valence-corrected chi connectivity index (χ4v) is 4.60. The van der Waals surface area contributed by atoms with Crippen LogP contribution in [0.15, 0.2) is 35.5 Å². The van der Waals surface area contributed by atoms with Gasteiger partial charge in [0.25, 0.3) is 0 Å². The molecule has 152 valence electrons. The summed E-state index contributed by atoms with van der Waals surface area (Å²) < 4.78 is 0. The van der Waals surface area contributed by atoms with Gasteiger partial charge in [-0.05, 0) is 30.4 Å². The Morgan fingerprint density at radius 2 is 2.04 bits per heavy atom. The molecule has 1 aliphatic heterocycles. The first kappa shape index (κ1) is 20.8. The van der Waals surface area contributed by atoms with E-state index in [1.807, 2.05) is 13.2 Å². The summed E-state index contributed by atoms with van der Waals surface area (Å²) in [4.78, 5) is 12.7. The summed E-state index contributed by atoms with van der Waals surface area (Å²) in [5.41, 5.74) is 2.98. The number of aryl methyl sites for hydroxylation is 1.